The first-order valence-electron chi connectivity index (χ1n) is 12.1. The van der Waals surface area contributed by atoms with Crippen LogP contribution in [0.15, 0.2) is 36.5 Å². The van der Waals surface area contributed by atoms with Crippen LogP contribution in [-0.2, 0) is 4.79 Å². The lowest BCUT2D eigenvalue weighted by Crippen LogP contribution is -2.51. The lowest BCUT2D eigenvalue weighted by molar-refractivity contribution is -0.122. The number of piperazine rings is 1. The van der Waals surface area contributed by atoms with E-state index >= 15 is 0 Å². The Bertz CT molecular complexity index is 1160. The second kappa shape index (κ2) is 10.3. The van der Waals surface area contributed by atoms with E-state index in [4.69, 9.17) is 4.98 Å². The molecule has 0 bridgehead atoms. The molecule has 0 aliphatic carbocycles. The third-order valence-corrected chi connectivity index (χ3v) is 6.23. The molecule has 0 unspecified atom stereocenters. The highest BCUT2D eigenvalue weighted by Gasteiger charge is 2.26. The summed E-state index contributed by atoms with van der Waals surface area (Å²) in [5.41, 5.74) is 4.27. The number of amides is 2. The van der Waals surface area contributed by atoms with Crippen LogP contribution in [0.2, 0.25) is 0 Å². The maximum Gasteiger partial charge on any atom is 0.254 e. The standard InChI is InChI=1S/C26H34N6O2/c1-5-10-27-24(33)17-30-11-13-31(14-12-30)26(34)21-15-23(20-8-6-19(4)7-9-20)29-25-22(21)16-28-32(25)18(2)3/h6-9,15-16,18H,5,10-14,17H2,1-4H3,(H,27,33). The van der Waals surface area contributed by atoms with Crippen molar-refractivity contribution in [3.8, 4) is 11.3 Å². The Hall–Kier alpha value is -3.26. The lowest BCUT2D eigenvalue weighted by atomic mass is 10.0. The highest BCUT2D eigenvalue weighted by molar-refractivity contribution is 6.06. The largest absolute Gasteiger partial charge is 0.355 e. The number of nitrogens with zero attached hydrogens (tertiary/aromatic N) is 5. The fraction of sp³-hybridized carbons (Fsp3) is 0.462. The van der Waals surface area contributed by atoms with Crippen molar-refractivity contribution in [3.63, 3.8) is 0 Å². The minimum Gasteiger partial charge on any atom is -0.355 e. The molecular weight excluding hydrogens is 428 g/mol. The van der Waals surface area contributed by atoms with E-state index in [1.165, 1.54) is 5.56 Å². The first-order valence-corrected chi connectivity index (χ1v) is 12.1. The molecule has 1 aromatic carbocycles. The molecule has 0 radical (unpaired) electrons. The smallest absolute Gasteiger partial charge is 0.254 e. The number of benzene rings is 1. The second-order valence-corrected chi connectivity index (χ2v) is 9.26. The van der Waals surface area contributed by atoms with Crippen LogP contribution >= 0.6 is 0 Å². The Kier molecular flexibility index (Phi) is 7.26. The maximum atomic E-state index is 13.7. The molecule has 2 amide bonds. The van der Waals surface area contributed by atoms with E-state index in [0.29, 0.717) is 44.8 Å². The number of carbonyl (C=O) groups excluding carboxylic acids is 2. The van der Waals surface area contributed by atoms with Crippen molar-refractivity contribution in [1.82, 2.24) is 29.9 Å². The van der Waals surface area contributed by atoms with Crippen molar-refractivity contribution in [2.45, 2.75) is 40.2 Å². The van der Waals surface area contributed by atoms with Crippen molar-refractivity contribution in [2.24, 2.45) is 0 Å². The summed E-state index contributed by atoms with van der Waals surface area (Å²) in [5, 5.41) is 8.22. The minimum absolute atomic E-state index is 0.0147. The molecule has 1 saturated heterocycles. The van der Waals surface area contributed by atoms with E-state index in [2.05, 4.69) is 48.2 Å². The second-order valence-electron chi connectivity index (χ2n) is 9.26. The first-order chi connectivity index (χ1) is 16.4. The normalized spacial score (nSPS) is 14.7. The van der Waals surface area contributed by atoms with E-state index in [-0.39, 0.29) is 17.9 Å². The average Bonchev–Trinajstić information content (AvgIpc) is 3.27. The van der Waals surface area contributed by atoms with Crippen LogP contribution in [0.25, 0.3) is 22.3 Å². The van der Waals surface area contributed by atoms with Gasteiger partial charge in [0.15, 0.2) is 5.65 Å². The summed E-state index contributed by atoms with van der Waals surface area (Å²) in [7, 11) is 0. The van der Waals surface area contributed by atoms with E-state index in [1.807, 2.05) is 34.7 Å². The van der Waals surface area contributed by atoms with Crippen LogP contribution in [0.4, 0.5) is 0 Å². The van der Waals surface area contributed by atoms with Gasteiger partial charge in [-0.2, -0.15) is 5.10 Å². The summed E-state index contributed by atoms with van der Waals surface area (Å²) in [5.74, 6) is 0.0282. The van der Waals surface area contributed by atoms with Gasteiger partial charge in [-0.15, -0.1) is 0 Å². The van der Waals surface area contributed by atoms with E-state index < -0.39 is 0 Å². The van der Waals surface area contributed by atoms with Gasteiger partial charge in [-0.3, -0.25) is 14.5 Å². The molecule has 34 heavy (non-hydrogen) atoms. The van der Waals surface area contributed by atoms with Crippen LogP contribution in [0, 0.1) is 6.92 Å². The van der Waals surface area contributed by atoms with Crippen molar-refractivity contribution >= 4 is 22.8 Å². The van der Waals surface area contributed by atoms with E-state index in [9.17, 15) is 9.59 Å². The van der Waals surface area contributed by atoms with Gasteiger partial charge in [0, 0.05) is 44.3 Å². The summed E-state index contributed by atoms with van der Waals surface area (Å²) >= 11 is 0. The SMILES string of the molecule is CCCNC(=O)CN1CCN(C(=O)c2cc(-c3ccc(C)cc3)nc3c2cnn3C(C)C)CC1. The molecule has 2 aromatic heterocycles. The van der Waals surface area contributed by atoms with Gasteiger partial charge >= 0.3 is 0 Å². The van der Waals surface area contributed by atoms with Gasteiger partial charge in [-0.25, -0.2) is 9.67 Å². The number of rotatable bonds is 7. The Morgan fingerprint density at radius 3 is 2.44 bits per heavy atom. The Labute approximate surface area is 200 Å². The van der Waals surface area contributed by atoms with E-state index in [1.54, 1.807) is 6.20 Å². The number of hydrogen-bond donors (Lipinski definition) is 1. The van der Waals surface area contributed by atoms with Crippen LogP contribution < -0.4 is 5.32 Å². The van der Waals surface area contributed by atoms with Crippen molar-refractivity contribution in [2.75, 3.05) is 39.3 Å². The zero-order valence-corrected chi connectivity index (χ0v) is 20.5. The van der Waals surface area contributed by atoms with Crippen LogP contribution in [0.3, 0.4) is 0 Å². The number of carbonyl (C=O) groups is 2. The van der Waals surface area contributed by atoms with Gasteiger partial charge in [-0.05, 0) is 33.3 Å². The predicted octanol–water partition coefficient (Wildman–Crippen LogP) is 3.27. The maximum absolute atomic E-state index is 13.7. The summed E-state index contributed by atoms with van der Waals surface area (Å²) in [4.78, 5) is 34.6. The number of hydrogen-bond acceptors (Lipinski definition) is 5. The zero-order chi connectivity index (χ0) is 24.2. The zero-order valence-electron chi connectivity index (χ0n) is 20.5. The molecule has 1 fully saturated rings. The van der Waals surface area contributed by atoms with Crippen LogP contribution in [0.1, 0.15) is 49.2 Å². The Balaban J connectivity index is 1.59. The van der Waals surface area contributed by atoms with Gasteiger partial charge in [0.25, 0.3) is 5.91 Å². The molecule has 8 nitrogen and oxygen atoms in total. The van der Waals surface area contributed by atoms with Crippen LogP contribution in [0.5, 0.6) is 0 Å². The molecule has 1 aliphatic heterocycles. The van der Waals surface area contributed by atoms with Crippen LogP contribution in [-0.4, -0.2) is 75.6 Å². The Morgan fingerprint density at radius 1 is 1.09 bits per heavy atom. The number of fused-ring (bicyclic) bond motifs is 1. The lowest BCUT2D eigenvalue weighted by Gasteiger charge is -2.34. The third kappa shape index (κ3) is 5.12. The number of pyridine rings is 1. The van der Waals surface area contributed by atoms with Gasteiger partial charge < -0.3 is 10.2 Å². The molecule has 0 saturated carbocycles. The molecule has 1 N–H and O–H groups in total. The van der Waals surface area contributed by atoms with Gasteiger partial charge in [0.2, 0.25) is 5.91 Å². The molecule has 8 heteroatoms. The number of aromatic nitrogens is 3. The number of aryl methyl sites for hydroxylation is 1. The fourth-order valence-electron chi connectivity index (χ4n) is 4.25. The molecule has 3 heterocycles. The highest BCUT2D eigenvalue weighted by atomic mass is 16.2. The first kappa shape index (κ1) is 23.9. The summed E-state index contributed by atoms with van der Waals surface area (Å²) < 4.78 is 1.87. The van der Waals surface area contributed by atoms with Gasteiger partial charge in [0.1, 0.15) is 0 Å². The van der Waals surface area contributed by atoms with Crippen molar-refractivity contribution < 1.29 is 9.59 Å². The minimum atomic E-state index is -0.0147. The van der Waals surface area contributed by atoms with Gasteiger partial charge in [-0.1, -0.05) is 36.8 Å². The van der Waals surface area contributed by atoms with Crippen molar-refractivity contribution in [1.29, 1.82) is 0 Å². The van der Waals surface area contributed by atoms with Crippen molar-refractivity contribution in [3.05, 3.63) is 47.7 Å². The molecule has 180 valence electrons. The van der Waals surface area contributed by atoms with Gasteiger partial charge in [0.05, 0.1) is 29.4 Å². The molecule has 4 rings (SSSR count). The topological polar surface area (TPSA) is 83.4 Å². The average molecular weight is 463 g/mol. The quantitative estimate of drug-likeness (QED) is 0.583. The molecule has 0 atom stereocenters. The fourth-order valence-corrected chi connectivity index (χ4v) is 4.25. The monoisotopic (exact) mass is 462 g/mol. The summed E-state index contributed by atoms with van der Waals surface area (Å²) in [6.07, 6.45) is 2.68. The van der Waals surface area contributed by atoms with E-state index in [0.717, 1.165) is 28.7 Å². The summed E-state index contributed by atoms with van der Waals surface area (Å²) in [6, 6.07) is 10.2. The molecule has 0 spiro atoms. The Morgan fingerprint density at radius 2 is 1.79 bits per heavy atom. The molecule has 1 aliphatic rings. The number of nitrogens with one attached hydrogen (secondary N) is 1. The third-order valence-electron chi connectivity index (χ3n) is 6.23. The molecular formula is C26H34N6O2. The highest BCUT2D eigenvalue weighted by Crippen LogP contribution is 2.27. The predicted molar refractivity (Wildman–Crippen MR) is 134 cm³/mol. The summed E-state index contributed by atoms with van der Waals surface area (Å²) in [6.45, 7) is 11.8. The molecule has 3 aromatic rings.